The first kappa shape index (κ1) is 68.2. The number of hydrogen-bond donors (Lipinski definition) is 0. The standard InChI is InChI=1S/C118H99BN6/c1-115(2,3)80-55-62-105-97(65-80)98-66-81(116(4,5)6)56-63-106(98)123(105)89-74-110-112-111(75-89)125(114-95(78-41-23-15-24-42-78)69-83(118(10,11)12)70-96(114)79-43-25-16-26-44-79)109-73-88(122-104-54-36-33-51-92(104)99-71-86(59-64-107(99)122)120(84-45-27-17-28-46-84)85-47-29-18-30-48-85)58-61-101(109)119(112)100-60-57-87(121-102-52-34-31-49-90(102)91-50-32-35-53-103(91)121)72-108(100)124(110)113-93(76-37-19-13-20-38-76)67-82(117(7,8)9)68-94(113)77-39-21-14-22-40-77/h13-75H,1-12H3/i31D,32D,34D,35D,49D,50D,52D,53D. The van der Waals surface area contributed by atoms with Gasteiger partial charge in [0.2, 0.25) is 0 Å². The van der Waals surface area contributed by atoms with Gasteiger partial charge in [-0.3, -0.25) is 0 Å². The summed E-state index contributed by atoms with van der Waals surface area (Å²) >= 11 is 0. The molecule has 2 aliphatic heterocycles. The highest BCUT2D eigenvalue weighted by Gasteiger charge is 2.47. The van der Waals surface area contributed by atoms with E-state index < -0.39 is 43.0 Å². The van der Waals surface area contributed by atoms with Crippen LogP contribution in [-0.2, 0) is 21.7 Å². The summed E-state index contributed by atoms with van der Waals surface area (Å²) in [5.41, 5.74) is 29.1. The van der Waals surface area contributed by atoms with Crippen molar-refractivity contribution in [3.8, 4) is 61.6 Å². The highest BCUT2D eigenvalue weighted by atomic mass is 15.2. The molecule has 0 amide bonds. The summed E-state index contributed by atoms with van der Waals surface area (Å²) in [7, 11) is 0. The van der Waals surface area contributed by atoms with Gasteiger partial charge in [-0.2, -0.15) is 0 Å². The van der Waals surface area contributed by atoms with Crippen LogP contribution in [0.5, 0.6) is 0 Å². The van der Waals surface area contributed by atoms with E-state index in [4.69, 9.17) is 0 Å². The molecule has 0 saturated heterocycles. The number of rotatable bonds is 12. The molecule has 0 bridgehead atoms. The molecule has 3 aromatic heterocycles. The predicted octanol–water partition coefficient (Wildman–Crippen LogP) is 30.4. The minimum Gasteiger partial charge on any atom is -0.310 e. The molecule has 0 atom stereocenters. The molecule has 20 aromatic rings. The maximum atomic E-state index is 10.1. The molecule has 0 fully saturated rings. The van der Waals surface area contributed by atoms with Crippen molar-refractivity contribution in [2.45, 2.75) is 105 Å². The summed E-state index contributed by atoms with van der Waals surface area (Å²) in [6.45, 7) is 26.9. The van der Waals surface area contributed by atoms with E-state index in [0.29, 0.717) is 5.69 Å². The van der Waals surface area contributed by atoms with E-state index >= 15 is 0 Å². The summed E-state index contributed by atoms with van der Waals surface area (Å²) < 4.78 is 84.1. The molecule has 0 N–H and O–H groups in total. The monoisotopic (exact) mass is 1620 g/mol. The van der Waals surface area contributed by atoms with Gasteiger partial charge < -0.3 is 28.4 Å². The fourth-order valence-corrected chi connectivity index (χ4v) is 19.7. The van der Waals surface area contributed by atoms with E-state index in [2.05, 4.69) is 435 Å². The molecule has 22 rings (SSSR count). The van der Waals surface area contributed by atoms with Gasteiger partial charge in [0.05, 0.1) is 61.1 Å². The zero-order valence-corrected chi connectivity index (χ0v) is 72.5. The van der Waals surface area contributed by atoms with E-state index in [0.717, 1.165) is 178 Å². The van der Waals surface area contributed by atoms with Crippen molar-refractivity contribution >= 4 is 140 Å². The van der Waals surface area contributed by atoms with Crippen molar-refractivity contribution in [2.24, 2.45) is 0 Å². The largest absolute Gasteiger partial charge is 0.310 e. The number of anilines is 9. The van der Waals surface area contributed by atoms with E-state index in [1.165, 1.54) is 11.1 Å². The molecule has 0 radical (unpaired) electrons. The summed E-state index contributed by atoms with van der Waals surface area (Å²) in [5.74, 6) is 0. The van der Waals surface area contributed by atoms with Crippen LogP contribution in [-0.4, -0.2) is 20.4 Å². The Kier molecular flexibility index (Phi) is 15.9. The van der Waals surface area contributed by atoms with Gasteiger partial charge in [0.15, 0.2) is 0 Å². The number of para-hydroxylation sites is 5. The maximum Gasteiger partial charge on any atom is 0.252 e. The van der Waals surface area contributed by atoms with Crippen LogP contribution in [0.25, 0.3) is 127 Å². The molecule has 125 heavy (non-hydrogen) atoms. The summed E-state index contributed by atoms with van der Waals surface area (Å²) in [5, 5.41) is 4.40. The van der Waals surface area contributed by atoms with Crippen molar-refractivity contribution in [3.05, 3.63) is 404 Å². The fraction of sp³-hybridized carbons (Fsp3) is 0.136. The van der Waals surface area contributed by atoms with Gasteiger partial charge in [-0.05, 0) is 228 Å². The van der Waals surface area contributed by atoms with Crippen LogP contribution < -0.4 is 31.1 Å². The zero-order chi connectivity index (χ0) is 92.1. The highest BCUT2D eigenvalue weighted by molar-refractivity contribution is 7.00. The molecule has 0 aliphatic carbocycles. The van der Waals surface area contributed by atoms with Crippen molar-refractivity contribution < 1.29 is 11.0 Å². The second kappa shape index (κ2) is 29.1. The number of aromatic nitrogens is 3. The lowest BCUT2D eigenvalue weighted by Gasteiger charge is -2.46. The van der Waals surface area contributed by atoms with Gasteiger partial charge in [-0.15, -0.1) is 0 Å². The van der Waals surface area contributed by atoms with E-state index in [1.807, 2.05) is 6.07 Å². The first-order valence-electron chi connectivity index (χ1n) is 47.6. The van der Waals surface area contributed by atoms with Crippen molar-refractivity contribution in [1.82, 2.24) is 13.7 Å². The molecular formula is C118H99BN6. The normalized spacial score (nSPS) is 13.8. The van der Waals surface area contributed by atoms with Gasteiger partial charge in [-0.1, -0.05) is 320 Å². The predicted molar refractivity (Wildman–Crippen MR) is 535 cm³/mol. The number of benzene rings is 17. The SMILES string of the molecule is [2H]c1c([2H])c([2H])c2c(c1[2H])c1c([2H])c([2H])c([2H])c([2H])c1n2-c1ccc2c(c1)N(c1c(-c3ccccc3)cc(C(C)(C)C)cc1-c1ccccc1)c1cc(-n3c4ccc(C(C)(C)C)cc4c4cc(C(C)(C)C)ccc43)cc3c1B2c1ccc(-n2c4ccccc4c4cc(N(c5ccccc5)c5ccccc5)ccc42)cc1N3c1c(-c2ccccc2)cc(C(C)(C)C)cc1-c1ccccc1. The molecule has 0 spiro atoms. The minimum atomic E-state index is -0.611. The quantitative estimate of drug-likeness (QED) is 0.114. The lowest BCUT2D eigenvalue weighted by Crippen LogP contribution is -2.61. The smallest absolute Gasteiger partial charge is 0.252 e. The zero-order valence-electron chi connectivity index (χ0n) is 80.5. The van der Waals surface area contributed by atoms with E-state index in [9.17, 15) is 11.0 Å². The van der Waals surface area contributed by atoms with Crippen molar-refractivity contribution in [1.29, 1.82) is 0 Å². The third-order valence-corrected chi connectivity index (χ3v) is 26.0. The van der Waals surface area contributed by atoms with Crippen LogP contribution in [0.2, 0.25) is 0 Å². The Bertz CT molecular complexity index is 7900. The summed E-state index contributed by atoms with van der Waals surface area (Å²) in [6.07, 6.45) is 0. The lowest BCUT2D eigenvalue weighted by atomic mass is 9.33. The average molecular weight is 1620 g/mol. The molecule has 5 heterocycles. The number of hydrogen-bond acceptors (Lipinski definition) is 3. The molecule has 604 valence electrons. The first-order chi connectivity index (χ1) is 63.9. The topological polar surface area (TPSA) is 24.5 Å². The second-order valence-electron chi connectivity index (χ2n) is 37.9. The fourth-order valence-electron chi connectivity index (χ4n) is 19.7. The van der Waals surface area contributed by atoms with Crippen LogP contribution in [0.3, 0.4) is 0 Å². The Hall–Kier alpha value is -14.4. The van der Waals surface area contributed by atoms with Crippen LogP contribution in [0.15, 0.2) is 382 Å². The van der Waals surface area contributed by atoms with E-state index in [1.54, 1.807) is 4.57 Å². The van der Waals surface area contributed by atoms with E-state index in [-0.39, 0.29) is 55.6 Å². The minimum absolute atomic E-state index is 0.00414. The van der Waals surface area contributed by atoms with Crippen LogP contribution in [0, 0.1) is 0 Å². The number of nitrogens with zero attached hydrogens (tertiary/aromatic N) is 6. The molecular weight excluding hydrogens is 1510 g/mol. The Balaban J connectivity index is 0.955. The molecule has 17 aromatic carbocycles. The van der Waals surface area contributed by atoms with Crippen LogP contribution >= 0.6 is 0 Å². The van der Waals surface area contributed by atoms with Gasteiger partial charge in [0.25, 0.3) is 6.71 Å². The lowest BCUT2D eigenvalue weighted by molar-refractivity contribution is 0.590. The van der Waals surface area contributed by atoms with Gasteiger partial charge in [0.1, 0.15) is 0 Å². The molecule has 0 unspecified atom stereocenters. The molecule has 7 heteroatoms. The first-order valence-corrected chi connectivity index (χ1v) is 43.6. The van der Waals surface area contributed by atoms with Crippen LogP contribution in [0.1, 0.15) is 116 Å². The summed E-state index contributed by atoms with van der Waals surface area (Å²) in [6, 6.07) is 119. The second-order valence-corrected chi connectivity index (χ2v) is 37.9. The molecule has 0 saturated carbocycles. The van der Waals surface area contributed by atoms with Gasteiger partial charge in [-0.25, -0.2) is 0 Å². The van der Waals surface area contributed by atoms with Gasteiger partial charge in [0, 0.05) is 106 Å². The highest BCUT2D eigenvalue weighted by Crippen LogP contribution is 2.57. The molecule has 6 nitrogen and oxygen atoms in total. The Morgan fingerprint density at radius 2 is 0.576 bits per heavy atom. The Morgan fingerprint density at radius 3 is 0.976 bits per heavy atom. The third-order valence-electron chi connectivity index (χ3n) is 26.0. The van der Waals surface area contributed by atoms with Crippen molar-refractivity contribution in [2.75, 3.05) is 14.7 Å². The Labute approximate surface area is 745 Å². The average Bonchev–Trinajstić information content (AvgIpc) is 1.30. The maximum absolute atomic E-state index is 10.1. The van der Waals surface area contributed by atoms with Crippen molar-refractivity contribution in [3.63, 3.8) is 0 Å². The molecule has 2 aliphatic rings. The van der Waals surface area contributed by atoms with Crippen LogP contribution in [0.4, 0.5) is 51.2 Å². The Morgan fingerprint density at radius 1 is 0.248 bits per heavy atom. The summed E-state index contributed by atoms with van der Waals surface area (Å²) in [4.78, 5) is 7.46. The number of fused-ring (bicyclic) bond motifs is 13. The third kappa shape index (κ3) is 12.7. The van der Waals surface area contributed by atoms with Gasteiger partial charge >= 0.3 is 0 Å².